The van der Waals surface area contributed by atoms with E-state index in [2.05, 4.69) is 14.9 Å². The number of H-pyrrole nitrogens is 1. The molecule has 0 aromatic rings. The molecule has 1 saturated heterocycles. The molecule has 0 aromatic carbocycles. The monoisotopic (exact) mass is 231 g/mol. The predicted octanol–water partition coefficient (Wildman–Crippen LogP) is 0.711. The van der Waals surface area contributed by atoms with Gasteiger partial charge in [0.2, 0.25) is 0 Å². The second kappa shape index (κ2) is 4.18. The van der Waals surface area contributed by atoms with Gasteiger partial charge in [0.05, 0.1) is 24.6 Å². The van der Waals surface area contributed by atoms with Crippen LogP contribution in [0.15, 0.2) is 29.1 Å². The molecule has 0 aromatic heterocycles. The SMILES string of the molecule is O=c1nc2ccc(N3CCOCC3)ccc-2[nH]1. The maximum Gasteiger partial charge on any atom is 0.346 e. The maximum absolute atomic E-state index is 11.1. The summed E-state index contributed by atoms with van der Waals surface area (Å²) in [6, 6.07) is 7.77. The zero-order valence-electron chi connectivity index (χ0n) is 9.35. The van der Waals surface area contributed by atoms with Crippen LogP contribution in [0.2, 0.25) is 0 Å². The van der Waals surface area contributed by atoms with Crippen LogP contribution < -0.4 is 10.6 Å². The number of rotatable bonds is 1. The number of anilines is 1. The number of hydrogen-bond acceptors (Lipinski definition) is 4. The van der Waals surface area contributed by atoms with Gasteiger partial charge in [0.1, 0.15) is 0 Å². The highest BCUT2D eigenvalue weighted by atomic mass is 16.5. The lowest BCUT2D eigenvalue weighted by molar-refractivity contribution is 0.122. The first kappa shape index (κ1) is 10.3. The summed E-state index contributed by atoms with van der Waals surface area (Å²) in [5, 5.41) is 0. The highest BCUT2D eigenvalue weighted by Gasteiger charge is 2.11. The molecule has 5 heteroatoms. The van der Waals surface area contributed by atoms with Crippen LogP contribution in [0.25, 0.3) is 11.4 Å². The van der Waals surface area contributed by atoms with Crippen molar-refractivity contribution in [3.8, 4) is 11.4 Å². The Morgan fingerprint density at radius 1 is 1.18 bits per heavy atom. The number of aromatic nitrogens is 2. The number of hydrogen-bond donors (Lipinski definition) is 1. The highest BCUT2D eigenvalue weighted by Crippen LogP contribution is 2.20. The Bertz CT molecular complexity index is 509. The van der Waals surface area contributed by atoms with Gasteiger partial charge in [-0.05, 0) is 24.3 Å². The molecule has 3 aliphatic rings. The zero-order valence-corrected chi connectivity index (χ0v) is 9.35. The summed E-state index contributed by atoms with van der Waals surface area (Å²) in [5.74, 6) is 0. The van der Waals surface area contributed by atoms with Crippen LogP contribution >= 0.6 is 0 Å². The van der Waals surface area contributed by atoms with Crippen molar-refractivity contribution in [2.45, 2.75) is 0 Å². The maximum atomic E-state index is 11.1. The number of ether oxygens (including phenoxy) is 1. The molecular formula is C12H13N3O2. The zero-order chi connectivity index (χ0) is 11.7. The van der Waals surface area contributed by atoms with Gasteiger partial charge in [0.15, 0.2) is 0 Å². The van der Waals surface area contributed by atoms with Crippen molar-refractivity contribution < 1.29 is 4.74 Å². The lowest BCUT2D eigenvalue weighted by Gasteiger charge is -2.28. The summed E-state index contributed by atoms with van der Waals surface area (Å²) in [6.07, 6.45) is 0. The van der Waals surface area contributed by atoms with Gasteiger partial charge in [0.25, 0.3) is 0 Å². The average molecular weight is 231 g/mol. The van der Waals surface area contributed by atoms with Crippen molar-refractivity contribution in [3.63, 3.8) is 0 Å². The molecule has 1 fully saturated rings. The molecule has 0 amide bonds. The first-order chi connectivity index (χ1) is 8.33. The molecule has 2 aliphatic heterocycles. The molecule has 1 aliphatic carbocycles. The molecule has 2 heterocycles. The van der Waals surface area contributed by atoms with Crippen molar-refractivity contribution in [2.75, 3.05) is 31.2 Å². The summed E-state index contributed by atoms with van der Waals surface area (Å²) >= 11 is 0. The van der Waals surface area contributed by atoms with Crippen LogP contribution in [0.5, 0.6) is 0 Å². The van der Waals surface area contributed by atoms with Gasteiger partial charge in [-0.15, -0.1) is 0 Å². The molecule has 1 N–H and O–H groups in total. The van der Waals surface area contributed by atoms with E-state index < -0.39 is 0 Å². The van der Waals surface area contributed by atoms with E-state index in [9.17, 15) is 4.79 Å². The molecule has 88 valence electrons. The van der Waals surface area contributed by atoms with Crippen molar-refractivity contribution in [1.29, 1.82) is 0 Å². The molecule has 0 unspecified atom stereocenters. The van der Waals surface area contributed by atoms with Crippen LogP contribution in [0.4, 0.5) is 5.69 Å². The van der Waals surface area contributed by atoms with Gasteiger partial charge in [-0.3, -0.25) is 0 Å². The number of nitrogens with zero attached hydrogens (tertiary/aromatic N) is 2. The fraction of sp³-hybridized carbons (Fsp3) is 0.333. The van der Waals surface area contributed by atoms with Crippen molar-refractivity contribution in [1.82, 2.24) is 9.97 Å². The van der Waals surface area contributed by atoms with E-state index in [1.165, 1.54) is 0 Å². The fourth-order valence-electron chi connectivity index (χ4n) is 2.05. The summed E-state index contributed by atoms with van der Waals surface area (Å²) < 4.78 is 5.32. The van der Waals surface area contributed by atoms with Gasteiger partial charge in [-0.1, -0.05) is 0 Å². The van der Waals surface area contributed by atoms with E-state index in [1.807, 2.05) is 24.3 Å². The van der Waals surface area contributed by atoms with E-state index in [0.29, 0.717) is 5.69 Å². The van der Waals surface area contributed by atoms with Crippen LogP contribution in [-0.4, -0.2) is 36.3 Å². The van der Waals surface area contributed by atoms with Crippen LogP contribution in [-0.2, 0) is 4.74 Å². The van der Waals surface area contributed by atoms with Gasteiger partial charge in [-0.2, -0.15) is 4.98 Å². The topological polar surface area (TPSA) is 58.2 Å². The molecule has 0 radical (unpaired) electrons. The molecular weight excluding hydrogens is 218 g/mol. The van der Waals surface area contributed by atoms with Gasteiger partial charge in [-0.25, -0.2) is 4.79 Å². The number of fused-ring (bicyclic) bond motifs is 1. The lowest BCUT2D eigenvalue weighted by Crippen LogP contribution is -2.35. The highest BCUT2D eigenvalue weighted by molar-refractivity contribution is 5.59. The van der Waals surface area contributed by atoms with Crippen molar-refractivity contribution in [2.24, 2.45) is 0 Å². The Morgan fingerprint density at radius 3 is 2.76 bits per heavy atom. The molecule has 0 bridgehead atoms. The quantitative estimate of drug-likeness (QED) is 0.785. The molecule has 0 spiro atoms. The summed E-state index contributed by atoms with van der Waals surface area (Å²) in [6.45, 7) is 3.33. The minimum Gasteiger partial charge on any atom is -0.378 e. The van der Waals surface area contributed by atoms with Crippen LogP contribution in [0.1, 0.15) is 0 Å². The van der Waals surface area contributed by atoms with E-state index in [0.717, 1.165) is 37.7 Å². The molecule has 5 nitrogen and oxygen atoms in total. The minimum absolute atomic E-state index is 0.292. The summed E-state index contributed by atoms with van der Waals surface area (Å²) in [4.78, 5) is 19.9. The van der Waals surface area contributed by atoms with Gasteiger partial charge in [0, 0.05) is 18.8 Å². The number of imidazole rings is 1. The molecule has 17 heavy (non-hydrogen) atoms. The van der Waals surface area contributed by atoms with Crippen molar-refractivity contribution >= 4 is 5.69 Å². The standard InChI is InChI=1S/C12H13N3O2/c16-12-13-10-3-1-9(2-4-11(10)14-12)15-5-7-17-8-6-15/h1-4H,5-8H2,(H,13,14,16). The van der Waals surface area contributed by atoms with E-state index in [1.54, 1.807) is 0 Å². The fourth-order valence-corrected chi connectivity index (χ4v) is 2.05. The second-order valence-electron chi connectivity index (χ2n) is 4.03. The third kappa shape index (κ3) is 2.01. The third-order valence-corrected chi connectivity index (χ3v) is 2.95. The Hall–Kier alpha value is -1.88. The minimum atomic E-state index is -0.292. The Balaban J connectivity index is 1.98. The average Bonchev–Trinajstić information content (AvgIpc) is 2.60. The number of aromatic amines is 1. The first-order valence-corrected chi connectivity index (χ1v) is 5.66. The molecule has 3 rings (SSSR count). The third-order valence-electron chi connectivity index (χ3n) is 2.95. The van der Waals surface area contributed by atoms with Crippen LogP contribution in [0.3, 0.4) is 0 Å². The first-order valence-electron chi connectivity index (χ1n) is 5.66. The number of morpholine rings is 1. The van der Waals surface area contributed by atoms with Gasteiger partial charge < -0.3 is 14.6 Å². The summed E-state index contributed by atoms with van der Waals surface area (Å²) in [7, 11) is 0. The van der Waals surface area contributed by atoms with E-state index in [-0.39, 0.29) is 5.69 Å². The smallest absolute Gasteiger partial charge is 0.346 e. The number of nitrogens with one attached hydrogen (secondary N) is 1. The van der Waals surface area contributed by atoms with Crippen LogP contribution in [0, 0.1) is 0 Å². The van der Waals surface area contributed by atoms with Crippen molar-refractivity contribution in [3.05, 3.63) is 34.7 Å². The second-order valence-corrected chi connectivity index (χ2v) is 4.03. The Morgan fingerprint density at radius 2 is 1.94 bits per heavy atom. The van der Waals surface area contributed by atoms with Gasteiger partial charge >= 0.3 is 5.69 Å². The Labute approximate surface area is 98.4 Å². The molecule has 0 saturated carbocycles. The van der Waals surface area contributed by atoms with E-state index >= 15 is 0 Å². The summed E-state index contributed by atoms with van der Waals surface area (Å²) in [5.41, 5.74) is 2.32. The predicted molar refractivity (Wildman–Crippen MR) is 64.5 cm³/mol. The largest absolute Gasteiger partial charge is 0.378 e. The van der Waals surface area contributed by atoms with E-state index in [4.69, 9.17) is 4.74 Å². The molecule has 0 atom stereocenters. The lowest BCUT2D eigenvalue weighted by atomic mass is 10.3. The Kier molecular flexibility index (Phi) is 2.53. The normalized spacial score (nSPS) is 16.4.